The third-order valence-electron chi connectivity index (χ3n) is 5.14. The van der Waals surface area contributed by atoms with E-state index in [4.69, 9.17) is 0 Å². The number of halogens is 2. The number of rotatable bonds is 10. The van der Waals surface area contributed by atoms with E-state index in [9.17, 15) is 13.6 Å². The predicted octanol–water partition coefficient (Wildman–Crippen LogP) is 3.61. The third kappa shape index (κ3) is 6.89. The van der Waals surface area contributed by atoms with Gasteiger partial charge in [-0.1, -0.05) is 54.6 Å². The summed E-state index contributed by atoms with van der Waals surface area (Å²) in [5.41, 5.74) is 4.37. The predicted molar refractivity (Wildman–Crippen MR) is 116 cm³/mol. The number of ether oxygens (including phenoxy) is 1. The molecule has 4 nitrogen and oxygen atoms in total. The fourth-order valence-corrected chi connectivity index (χ4v) is 3.51. The SMILES string of the molecule is Cc1ccccc1CCNC(=O)C[NH2+][C@H](c1ccccc1)c1ccc(OC(F)F)cc1. The number of nitrogens with one attached hydrogen (secondary N) is 1. The molecule has 1 atom stereocenters. The summed E-state index contributed by atoms with van der Waals surface area (Å²) in [5, 5.41) is 4.92. The van der Waals surface area contributed by atoms with Gasteiger partial charge in [-0.2, -0.15) is 8.78 Å². The van der Waals surface area contributed by atoms with E-state index in [0.717, 1.165) is 17.5 Å². The Hall–Kier alpha value is -3.25. The van der Waals surface area contributed by atoms with Gasteiger partial charge in [-0.3, -0.25) is 4.79 Å². The first kappa shape index (κ1) is 22.4. The quantitative estimate of drug-likeness (QED) is 0.522. The largest absolute Gasteiger partial charge is 0.435 e. The van der Waals surface area contributed by atoms with Gasteiger partial charge in [0.05, 0.1) is 0 Å². The van der Waals surface area contributed by atoms with Gasteiger partial charge in [0.15, 0.2) is 6.54 Å². The number of hydrogen-bond acceptors (Lipinski definition) is 2. The van der Waals surface area contributed by atoms with E-state index in [0.29, 0.717) is 6.54 Å². The molecule has 3 N–H and O–H groups in total. The summed E-state index contributed by atoms with van der Waals surface area (Å²) < 4.78 is 29.3. The highest BCUT2D eigenvalue weighted by atomic mass is 19.3. The topological polar surface area (TPSA) is 54.9 Å². The van der Waals surface area contributed by atoms with Crippen LogP contribution in [0.5, 0.6) is 5.75 Å². The Morgan fingerprint density at radius 3 is 2.26 bits per heavy atom. The summed E-state index contributed by atoms with van der Waals surface area (Å²) in [6.07, 6.45) is 0.784. The van der Waals surface area contributed by atoms with Crippen LogP contribution in [0.3, 0.4) is 0 Å². The summed E-state index contributed by atoms with van der Waals surface area (Å²) in [6, 6.07) is 24.3. The molecule has 0 radical (unpaired) electrons. The second kappa shape index (κ2) is 11.2. The first-order valence-electron chi connectivity index (χ1n) is 10.3. The van der Waals surface area contributed by atoms with Crippen LogP contribution in [0.2, 0.25) is 0 Å². The highest BCUT2D eigenvalue weighted by molar-refractivity contribution is 5.76. The Morgan fingerprint density at radius 1 is 0.935 bits per heavy atom. The summed E-state index contributed by atoms with van der Waals surface area (Å²) in [5.74, 6) is 0.0617. The number of carbonyl (C=O) groups excluding carboxylic acids is 1. The van der Waals surface area contributed by atoms with Gasteiger partial charge >= 0.3 is 6.61 Å². The Bertz CT molecular complexity index is 963. The lowest BCUT2D eigenvalue weighted by Gasteiger charge is -2.17. The maximum absolute atomic E-state index is 12.4. The van der Waals surface area contributed by atoms with E-state index < -0.39 is 6.61 Å². The van der Waals surface area contributed by atoms with Crippen LogP contribution in [0, 0.1) is 6.92 Å². The standard InChI is InChI=1S/C25H26F2N2O2/c1-18-7-5-6-8-19(18)15-16-28-23(30)17-29-24(20-9-3-2-4-10-20)21-11-13-22(14-12-21)31-25(26)27/h2-14,24-25,29H,15-17H2,1H3,(H,28,30)/p+1/t24-/m1/s1. The van der Waals surface area contributed by atoms with Gasteiger partial charge < -0.3 is 15.4 Å². The first-order chi connectivity index (χ1) is 15.0. The lowest BCUT2D eigenvalue weighted by molar-refractivity contribution is -0.676. The number of nitrogens with two attached hydrogens (primary N) is 1. The zero-order valence-electron chi connectivity index (χ0n) is 17.4. The molecule has 0 spiro atoms. The van der Waals surface area contributed by atoms with Crippen molar-refractivity contribution in [1.82, 2.24) is 5.32 Å². The van der Waals surface area contributed by atoms with Gasteiger partial charge in [0, 0.05) is 17.7 Å². The van der Waals surface area contributed by atoms with Crippen molar-refractivity contribution >= 4 is 5.91 Å². The van der Waals surface area contributed by atoms with Crippen molar-refractivity contribution < 1.29 is 23.6 Å². The molecule has 1 amide bonds. The molecule has 162 valence electrons. The number of benzene rings is 3. The Morgan fingerprint density at radius 2 is 1.58 bits per heavy atom. The van der Waals surface area contributed by atoms with Crippen LogP contribution in [0.15, 0.2) is 78.9 Å². The van der Waals surface area contributed by atoms with Gasteiger partial charge in [0.2, 0.25) is 0 Å². The van der Waals surface area contributed by atoms with Crippen LogP contribution < -0.4 is 15.4 Å². The van der Waals surface area contributed by atoms with Crippen LogP contribution in [0.4, 0.5) is 8.78 Å². The van der Waals surface area contributed by atoms with Crippen molar-refractivity contribution in [2.24, 2.45) is 0 Å². The van der Waals surface area contributed by atoms with Gasteiger partial charge in [0.25, 0.3) is 5.91 Å². The van der Waals surface area contributed by atoms with Crippen LogP contribution in [-0.4, -0.2) is 25.6 Å². The highest BCUT2D eigenvalue weighted by Crippen LogP contribution is 2.22. The van der Waals surface area contributed by atoms with E-state index in [1.54, 1.807) is 12.1 Å². The van der Waals surface area contributed by atoms with Crippen LogP contribution in [-0.2, 0) is 11.2 Å². The van der Waals surface area contributed by atoms with Gasteiger partial charge in [-0.05, 0) is 48.7 Å². The fraction of sp³-hybridized carbons (Fsp3) is 0.240. The highest BCUT2D eigenvalue weighted by Gasteiger charge is 2.19. The van der Waals surface area contributed by atoms with E-state index in [1.165, 1.54) is 23.3 Å². The average molecular weight is 425 g/mol. The normalized spacial score (nSPS) is 11.9. The van der Waals surface area contributed by atoms with Crippen LogP contribution >= 0.6 is 0 Å². The van der Waals surface area contributed by atoms with Crippen molar-refractivity contribution in [2.45, 2.75) is 26.0 Å². The fourth-order valence-electron chi connectivity index (χ4n) is 3.51. The molecular formula is C25H27F2N2O2+. The minimum atomic E-state index is -2.86. The summed E-state index contributed by atoms with van der Waals surface area (Å²) in [6.45, 7) is 0.0359. The van der Waals surface area contributed by atoms with Crippen molar-refractivity contribution in [3.8, 4) is 5.75 Å². The van der Waals surface area contributed by atoms with E-state index >= 15 is 0 Å². The number of amides is 1. The average Bonchev–Trinajstić information content (AvgIpc) is 2.77. The number of hydrogen-bond donors (Lipinski definition) is 2. The monoisotopic (exact) mass is 425 g/mol. The minimum Gasteiger partial charge on any atom is -0.435 e. The zero-order chi connectivity index (χ0) is 22.1. The molecule has 0 bridgehead atoms. The molecule has 3 aromatic carbocycles. The van der Waals surface area contributed by atoms with Crippen molar-refractivity contribution in [2.75, 3.05) is 13.1 Å². The molecule has 0 saturated heterocycles. The molecule has 3 aromatic rings. The Kier molecular flexibility index (Phi) is 8.12. The lowest BCUT2D eigenvalue weighted by Crippen LogP contribution is -2.87. The van der Waals surface area contributed by atoms with E-state index in [-0.39, 0.29) is 24.2 Å². The molecule has 0 aliphatic heterocycles. The van der Waals surface area contributed by atoms with E-state index in [1.807, 2.05) is 47.8 Å². The van der Waals surface area contributed by atoms with Crippen LogP contribution in [0.25, 0.3) is 0 Å². The van der Waals surface area contributed by atoms with Gasteiger partial charge in [-0.15, -0.1) is 0 Å². The maximum Gasteiger partial charge on any atom is 0.387 e. The second-order valence-corrected chi connectivity index (χ2v) is 7.30. The van der Waals surface area contributed by atoms with Crippen molar-refractivity contribution in [3.05, 3.63) is 101 Å². The number of alkyl halides is 2. The lowest BCUT2D eigenvalue weighted by atomic mass is 9.98. The molecule has 0 aliphatic carbocycles. The molecule has 3 rings (SSSR count). The summed E-state index contributed by atoms with van der Waals surface area (Å²) >= 11 is 0. The summed E-state index contributed by atoms with van der Waals surface area (Å²) in [7, 11) is 0. The Labute approximate surface area is 181 Å². The molecule has 31 heavy (non-hydrogen) atoms. The smallest absolute Gasteiger partial charge is 0.387 e. The summed E-state index contributed by atoms with van der Waals surface area (Å²) in [4.78, 5) is 12.4. The first-order valence-corrected chi connectivity index (χ1v) is 10.3. The minimum absolute atomic E-state index is 0.0489. The van der Waals surface area contributed by atoms with E-state index in [2.05, 4.69) is 29.1 Å². The zero-order valence-corrected chi connectivity index (χ0v) is 17.4. The maximum atomic E-state index is 12.4. The second-order valence-electron chi connectivity index (χ2n) is 7.30. The molecule has 0 saturated carbocycles. The van der Waals surface area contributed by atoms with Crippen LogP contribution in [0.1, 0.15) is 28.3 Å². The number of quaternary nitrogens is 1. The third-order valence-corrected chi connectivity index (χ3v) is 5.14. The van der Waals surface area contributed by atoms with Gasteiger partial charge in [0.1, 0.15) is 11.8 Å². The van der Waals surface area contributed by atoms with Crippen molar-refractivity contribution in [1.29, 1.82) is 0 Å². The molecular weight excluding hydrogens is 398 g/mol. The van der Waals surface area contributed by atoms with Gasteiger partial charge in [-0.25, -0.2) is 0 Å². The molecule has 0 fully saturated rings. The Balaban J connectivity index is 1.60. The molecule has 0 aliphatic rings. The molecule has 0 heterocycles. The molecule has 0 unspecified atom stereocenters. The van der Waals surface area contributed by atoms with Crippen molar-refractivity contribution in [3.63, 3.8) is 0 Å². The molecule has 6 heteroatoms. The molecule has 0 aromatic heterocycles. The number of aryl methyl sites for hydroxylation is 1. The number of carbonyl (C=O) groups is 1.